The maximum atomic E-state index is 13.4. The molecule has 2 aromatic rings. The van der Waals surface area contributed by atoms with E-state index in [1.165, 1.54) is 25.3 Å². The van der Waals surface area contributed by atoms with Crippen LogP contribution in [-0.2, 0) is 21.4 Å². The highest BCUT2D eigenvalue weighted by Crippen LogP contribution is 2.64. The summed E-state index contributed by atoms with van der Waals surface area (Å²) < 4.78 is 12.6. The molecule has 2 aliphatic heterocycles. The molecule has 3 aliphatic carbocycles. The van der Waals surface area contributed by atoms with Crippen LogP contribution in [0.4, 0.5) is 0 Å². The molecule has 7 rings (SSSR count). The van der Waals surface area contributed by atoms with Crippen molar-refractivity contribution in [3.63, 3.8) is 0 Å². The van der Waals surface area contributed by atoms with Crippen LogP contribution < -0.4 is 9.47 Å². The van der Waals surface area contributed by atoms with Gasteiger partial charge in [0.05, 0.1) is 6.04 Å². The SMILES string of the molecule is CC(=O)Oc1ccc2c3c1C[C@@H]1[C@@H]4CC[C@H](N(C)C(=O)C#Cc5cccc(C)c5)[C@H](O2)[C@]34CCN1CC1CC1. The van der Waals surface area contributed by atoms with Gasteiger partial charge in [-0.25, -0.2) is 0 Å². The molecule has 6 nitrogen and oxygen atoms in total. The van der Waals surface area contributed by atoms with E-state index < -0.39 is 0 Å². The fraction of sp³-hybridized carbons (Fsp3) is 0.515. The van der Waals surface area contributed by atoms with Crippen molar-refractivity contribution < 1.29 is 19.1 Å². The van der Waals surface area contributed by atoms with E-state index >= 15 is 0 Å². The van der Waals surface area contributed by atoms with Crippen LogP contribution in [-0.4, -0.2) is 60.0 Å². The molecule has 2 heterocycles. The fourth-order valence-corrected chi connectivity index (χ4v) is 8.19. The van der Waals surface area contributed by atoms with Crippen molar-refractivity contribution >= 4 is 11.9 Å². The van der Waals surface area contributed by atoms with Crippen LogP contribution in [0.2, 0.25) is 0 Å². The zero-order chi connectivity index (χ0) is 26.9. The number of likely N-dealkylation sites (N-methyl/N-ethyl adjacent to an activating group) is 1. The van der Waals surface area contributed by atoms with Gasteiger partial charge in [-0.15, -0.1) is 0 Å². The number of aryl methyl sites for hydroxylation is 1. The molecule has 39 heavy (non-hydrogen) atoms. The van der Waals surface area contributed by atoms with E-state index in [0.29, 0.717) is 17.7 Å². The van der Waals surface area contributed by atoms with Crippen molar-refractivity contribution in [2.75, 3.05) is 20.1 Å². The normalized spacial score (nSPS) is 29.9. The Morgan fingerprint density at radius 2 is 2.03 bits per heavy atom. The van der Waals surface area contributed by atoms with Crippen molar-refractivity contribution in [1.29, 1.82) is 0 Å². The molecule has 6 heteroatoms. The number of ether oxygens (including phenoxy) is 2. The number of carbonyl (C=O) groups excluding carboxylic acids is 2. The Labute approximate surface area is 230 Å². The highest BCUT2D eigenvalue weighted by molar-refractivity contribution is 5.94. The smallest absolute Gasteiger partial charge is 0.308 e. The van der Waals surface area contributed by atoms with Gasteiger partial charge >= 0.3 is 5.97 Å². The molecular weight excluding hydrogens is 488 g/mol. The Bertz CT molecular complexity index is 1420. The first-order chi connectivity index (χ1) is 18.8. The lowest BCUT2D eigenvalue weighted by Gasteiger charge is -2.60. The average molecular weight is 525 g/mol. The molecule has 5 atom stereocenters. The van der Waals surface area contributed by atoms with Crippen molar-refractivity contribution in [1.82, 2.24) is 9.80 Å². The highest BCUT2D eigenvalue weighted by atomic mass is 16.5. The number of piperidine rings is 1. The zero-order valence-corrected chi connectivity index (χ0v) is 23.0. The lowest BCUT2D eigenvalue weighted by atomic mass is 9.51. The summed E-state index contributed by atoms with van der Waals surface area (Å²) in [5, 5.41) is 0. The predicted octanol–water partition coefficient (Wildman–Crippen LogP) is 4.25. The number of hydrogen-bond donors (Lipinski definition) is 0. The second-order valence-electron chi connectivity index (χ2n) is 12.3. The van der Waals surface area contributed by atoms with Gasteiger partial charge in [0, 0.05) is 54.6 Å². The number of amides is 1. The van der Waals surface area contributed by atoms with Gasteiger partial charge < -0.3 is 14.4 Å². The Morgan fingerprint density at radius 1 is 1.18 bits per heavy atom. The Balaban J connectivity index is 1.25. The number of esters is 1. The first-order valence-electron chi connectivity index (χ1n) is 14.5. The molecule has 0 radical (unpaired) electrons. The maximum absolute atomic E-state index is 13.4. The molecule has 3 fully saturated rings. The van der Waals surface area contributed by atoms with Crippen molar-refractivity contribution in [3.8, 4) is 23.3 Å². The van der Waals surface area contributed by atoms with E-state index in [1.54, 1.807) is 0 Å². The summed E-state index contributed by atoms with van der Waals surface area (Å²) in [5.74, 6) is 8.38. The zero-order valence-electron chi connectivity index (χ0n) is 23.0. The summed E-state index contributed by atoms with van der Waals surface area (Å²) in [7, 11) is 1.88. The Kier molecular flexibility index (Phi) is 5.79. The minimum Gasteiger partial charge on any atom is -0.487 e. The number of nitrogens with zero attached hydrogens (tertiary/aromatic N) is 2. The van der Waals surface area contributed by atoms with Crippen LogP contribution in [0.25, 0.3) is 0 Å². The van der Waals surface area contributed by atoms with Gasteiger partial charge in [0.15, 0.2) is 0 Å². The van der Waals surface area contributed by atoms with Gasteiger partial charge in [0.1, 0.15) is 17.6 Å². The van der Waals surface area contributed by atoms with Crippen molar-refractivity contribution in [2.24, 2.45) is 11.8 Å². The van der Waals surface area contributed by atoms with Gasteiger partial charge in [0.2, 0.25) is 0 Å². The van der Waals surface area contributed by atoms with Crippen LogP contribution in [0.5, 0.6) is 11.5 Å². The number of hydrogen-bond acceptors (Lipinski definition) is 5. The predicted molar refractivity (Wildman–Crippen MR) is 148 cm³/mol. The van der Waals surface area contributed by atoms with Gasteiger partial charge in [-0.05, 0) is 93.7 Å². The highest BCUT2D eigenvalue weighted by Gasteiger charge is 2.66. The molecular formula is C33H36N2O4. The van der Waals surface area contributed by atoms with Crippen LogP contribution >= 0.6 is 0 Å². The minimum absolute atomic E-state index is 0.0632. The average Bonchev–Trinajstić information content (AvgIpc) is 3.67. The molecule has 0 aromatic heterocycles. The third kappa shape index (κ3) is 3.97. The van der Waals surface area contributed by atoms with Gasteiger partial charge in [-0.2, -0.15) is 0 Å². The molecule has 1 amide bonds. The van der Waals surface area contributed by atoms with E-state index in [0.717, 1.165) is 67.1 Å². The van der Waals surface area contributed by atoms with E-state index in [2.05, 4.69) is 16.7 Å². The number of likely N-dealkylation sites (tertiary alicyclic amines) is 1. The first-order valence-corrected chi connectivity index (χ1v) is 14.5. The van der Waals surface area contributed by atoms with Crippen LogP contribution in [0.15, 0.2) is 36.4 Å². The molecule has 1 spiro atoms. The summed E-state index contributed by atoms with van der Waals surface area (Å²) in [6.45, 7) is 5.71. The molecule has 5 aliphatic rings. The number of rotatable bonds is 4. The van der Waals surface area contributed by atoms with E-state index in [-0.39, 0.29) is 29.4 Å². The van der Waals surface area contributed by atoms with Gasteiger partial charge in [-0.1, -0.05) is 18.1 Å². The largest absolute Gasteiger partial charge is 0.487 e. The second-order valence-corrected chi connectivity index (χ2v) is 12.3. The lowest BCUT2D eigenvalue weighted by Crippen LogP contribution is -2.69. The first kappa shape index (κ1) is 24.7. The fourth-order valence-electron chi connectivity index (χ4n) is 8.19. The van der Waals surface area contributed by atoms with E-state index in [1.807, 2.05) is 55.3 Å². The Hall–Kier alpha value is -3.30. The second kappa shape index (κ2) is 9.13. The quantitative estimate of drug-likeness (QED) is 0.340. The van der Waals surface area contributed by atoms with Crippen molar-refractivity contribution in [3.05, 3.63) is 58.7 Å². The summed E-state index contributed by atoms with van der Waals surface area (Å²) in [4.78, 5) is 30.0. The van der Waals surface area contributed by atoms with E-state index in [4.69, 9.17) is 9.47 Å². The number of benzene rings is 2. The van der Waals surface area contributed by atoms with Crippen molar-refractivity contribution in [2.45, 2.75) is 76.0 Å². The van der Waals surface area contributed by atoms with Crippen LogP contribution in [0.1, 0.15) is 61.3 Å². The van der Waals surface area contributed by atoms with Gasteiger partial charge in [-0.3, -0.25) is 14.5 Å². The monoisotopic (exact) mass is 524 g/mol. The Morgan fingerprint density at radius 3 is 2.79 bits per heavy atom. The third-order valence-corrected chi connectivity index (χ3v) is 10.00. The van der Waals surface area contributed by atoms with E-state index in [9.17, 15) is 9.59 Å². The van der Waals surface area contributed by atoms with Crippen LogP contribution in [0, 0.1) is 30.6 Å². The summed E-state index contributed by atoms with van der Waals surface area (Å²) in [6.07, 6.45) is 6.39. The lowest BCUT2D eigenvalue weighted by molar-refractivity contribution is -0.135. The third-order valence-electron chi connectivity index (χ3n) is 10.00. The standard InChI is InChI=1S/C33H36N2O4/c1-20-5-4-6-22(17-20)9-14-30(37)34(3)26-11-10-25-27-18-24-28(38-21(2)36)12-13-29-31(24)33(25,32(26)39-29)15-16-35(27)19-23-7-8-23/h4-6,12-13,17,23,25-27,32H,7-8,10-11,15-16,18-19H2,1-3H3/t25-,26-,27+,32-,33-/m0/s1. The number of carbonyl (C=O) groups is 2. The molecule has 2 saturated carbocycles. The molecule has 0 unspecified atom stereocenters. The summed E-state index contributed by atoms with van der Waals surface area (Å²) >= 11 is 0. The summed E-state index contributed by atoms with van der Waals surface area (Å²) in [5.41, 5.74) is 4.19. The minimum atomic E-state index is -0.291. The molecule has 202 valence electrons. The molecule has 0 N–H and O–H groups in total. The van der Waals surface area contributed by atoms with Gasteiger partial charge in [0.25, 0.3) is 5.91 Å². The molecule has 2 aromatic carbocycles. The van der Waals surface area contributed by atoms with Crippen LogP contribution in [0.3, 0.4) is 0 Å². The molecule has 1 saturated heterocycles. The molecule has 2 bridgehead atoms. The summed E-state index contributed by atoms with van der Waals surface area (Å²) in [6, 6.07) is 12.2. The topological polar surface area (TPSA) is 59.1 Å². The maximum Gasteiger partial charge on any atom is 0.308 e.